The average molecular weight is 333 g/mol. The van der Waals surface area contributed by atoms with Crippen LogP contribution in [-0.2, 0) is 27.3 Å². The Bertz CT molecular complexity index is 138. The van der Waals surface area contributed by atoms with Gasteiger partial charge in [0.15, 0.2) is 0 Å². The zero-order valence-corrected chi connectivity index (χ0v) is 11.5. The van der Waals surface area contributed by atoms with Crippen molar-refractivity contribution in [3.63, 3.8) is 0 Å². The van der Waals surface area contributed by atoms with Crippen molar-refractivity contribution in [2.75, 3.05) is 0 Å². The third-order valence-electron chi connectivity index (χ3n) is 0.963. The Morgan fingerprint density at radius 3 is 3.12 bits per heavy atom. The Morgan fingerprint density at radius 2 is 2.62 bits per heavy atom. The van der Waals surface area contributed by atoms with E-state index in [-0.39, 0.29) is 0 Å². The quantitative estimate of drug-likeness (QED) is 0.730. The minimum atomic E-state index is -0.881. The van der Waals surface area contributed by atoms with Crippen LogP contribution in [0.4, 0.5) is 0 Å². The molecule has 0 nitrogen and oxygen atoms in total. The van der Waals surface area contributed by atoms with Crippen LogP contribution in [-0.4, -0.2) is 0 Å². The van der Waals surface area contributed by atoms with E-state index in [1.807, 2.05) is 0 Å². The first-order chi connectivity index (χ1) is 3.93. The third kappa shape index (κ3) is 2.04. The minimum absolute atomic E-state index is 0.881. The fourth-order valence-electron chi connectivity index (χ4n) is 0.544. The summed E-state index contributed by atoms with van der Waals surface area (Å²) in [5, 5.41) is 4.29. The molecule has 0 aliphatic heterocycles. The molecule has 0 unspecified atom stereocenters. The number of rotatable bonds is 2. The van der Waals surface area contributed by atoms with E-state index < -0.39 is 23.3 Å². The van der Waals surface area contributed by atoms with Gasteiger partial charge in [0.05, 0.1) is 0 Å². The normalized spacial score (nSPS) is 8.62. The van der Waals surface area contributed by atoms with Crippen LogP contribution in [0, 0.1) is 0 Å². The molecule has 0 spiro atoms. The first-order valence-electron chi connectivity index (χ1n) is 2.50. The predicted molar refractivity (Wildman–Crippen MR) is 33.9 cm³/mol. The summed E-state index contributed by atoms with van der Waals surface area (Å²) in [5.41, 5.74) is 1.45. The summed E-state index contributed by atoms with van der Waals surface area (Å²) in [4.78, 5) is 0. The molecular weight excluding hydrogens is 328 g/mol. The van der Waals surface area contributed by atoms with Gasteiger partial charge in [-0.2, -0.15) is 0 Å². The van der Waals surface area contributed by atoms with Gasteiger partial charge in [0.1, 0.15) is 0 Å². The fourth-order valence-corrected chi connectivity index (χ4v) is 6.03. The van der Waals surface area contributed by atoms with Crippen LogP contribution in [0.25, 0.3) is 0 Å². The van der Waals surface area contributed by atoms with E-state index >= 15 is 0 Å². The van der Waals surface area contributed by atoms with Crippen molar-refractivity contribution in [2.24, 2.45) is 0 Å². The van der Waals surface area contributed by atoms with Gasteiger partial charge in [0.2, 0.25) is 0 Å². The molecule has 8 heavy (non-hydrogen) atoms. The van der Waals surface area contributed by atoms with Gasteiger partial charge in [-0.15, -0.1) is 0 Å². The van der Waals surface area contributed by atoms with E-state index in [0.29, 0.717) is 0 Å². The second-order valence-corrected chi connectivity index (χ2v) is 9.08. The molecule has 0 atom stereocenters. The summed E-state index contributed by atoms with van der Waals surface area (Å²) in [6.07, 6.45) is 0. The van der Waals surface area contributed by atoms with Crippen LogP contribution >= 0.6 is 19.6 Å². The number of thiophene rings is 1. The first-order valence-corrected chi connectivity index (χ1v) is 14.1. The van der Waals surface area contributed by atoms with E-state index in [2.05, 4.69) is 16.8 Å². The molecule has 0 radical (unpaired) electrons. The molecule has 1 aromatic heterocycles. The molecular formula is C5H5ClHgS. The summed E-state index contributed by atoms with van der Waals surface area (Å²) in [5.74, 6) is 0. The van der Waals surface area contributed by atoms with Gasteiger partial charge in [-0.25, -0.2) is 0 Å². The average Bonchev–Trinajstić information content (AvgIpc) is 2.19. The van der Waals surface area contributed by atoms with E-state index in [1.54, 1.807) is 11.3 Å². The van der Waals surface area contributed by atoms with Gasteiger partial charge < -0.3 is 0 Å². The second kappa shape index (κ2) is 3.86. The molecule has 3 heteroatoms. The maximum atomic E-state index is 5.72. The summed E-state index contributed by atoms with van der Waals surface area (Å²) in [6, 6.07) is 2.16. The van der Waals surface area contributed by atoms with Crippen LogP contribution in [0.3, 0.4) is 0 Å². The van der Waals surface area contributed by atoms with Crippen molar-refractivity contribution in [1.82, 2.24) is 0 Å². The molecule has 0 N–H and O–H groups in total. The fraction of sp³-hybridized carbons (Fsp3) is 0.200. The van der Waals surface area contributed by atoms with E-state index in [9.17, 15) is 0 Å². The Hall–Kier alpha value is 0.925. The van der Waals surface area contributed by atoms with E-state index in [1.165, 1.54) is 9.49 Å². The number of hydrogen-bond acceptors (Lipinski definition) is 1. The molecule has 0 bridgehead atoms. The molecule has 40 valence electrons. The standard InChI is InChI=1S/C5H5S.ClH.Hg/c1-5-2-3-6-4-5;;/h2-4H,1H2;1H;/q;;+1/p-1. The summed E-state index contributed by atoms with van der Waals surface area (Å²) < 4.78 is 1.23. The predicted octanol–water partition coefficient (Wildman–Crippen LogP) is 2.48. The van der Waals surface area contributed by atoms with Gasteiger partial charge in [-0.1, -0.05) is 0 Å². The SMILES string of the molecule is [Cl][Hg][CH2]c1ccsc1. The second-order valence-electron chi connectivity index (χ2n) is 1.57. The first kappa shape index (κ1) is 7.04. The van der Waals surface area contributed by atoms with Crippen LogP contribution in [0.5, 0.6) is 0 Å². The van der Waals surface area contributed by atoms with Gasteiger partial charge in [0, 0.05) is 0 Å². The maximum absolute atomic E-state index is 5.72. The molecule has 0 aliphatic carbocycles. The molecule has 0 saturated heterocycles. The van der Waals surface area contributed by atoms with Crippen molar-refractivity contribution in [3.8, 4) is 0 Å². The van der Waals surface area contributed by atoms with E-state index in [4.69, 9.17) is 8.25 Å². The van der Waals surface area contributed by atoms with E-state index in [0.717, 1.165) is 0 Å². The molecule has 0 aromatic carbocycles. The van der Waals surface area contributed by atoms with Crippen LogP contribution in [0.2, 0.25) is 0 Å². The topological polar surface area (TPSA) is 0 Å². The zero-order valence-electron chi connectivity index (χ0n) is 4.43. The van der Waals surface area contributed by atoms with Crippen molar-refractivity contribution in [2.45, 2.75) is 3.93 Å². The summed E-state index contributed by atoms with van der Waals surface area (Å²) >= 11 is 0.875. The number of hydrogen-bond donors (Lipinski definition) is 0. The Morgan fingerprint density at radius 1 is 1.75 bits per heavy atom. The Balaban J connectivity index is 2.50. The molecule has 0 aliphatic rings. The Labute approximate surface area is 68.7 Å². The van der Waals surface area contributed by atoms with Gasteiger partial charge in [0.25, 0.3) is 0 Å². The van der Waals surface area contributed by atoms with Crippen molar-refractivity contribution in [1.29, 1.82) is 0 Å². The zero-order chi connectivity index (χ0) is 5.82. The molecule has 0 saturated carbocycles. The summed E-state index contributed by atoms with van der Waals surface area (Å²) in [7, 11) is 5.72. The van der Waals surface area contributed by atoms with Gasteiger partial charge in [-0.05, 0) is 0 Å². The van der Waals surface area contributed by atoms with Gasteiger partial charge in [-0.3, -0.25) is 0 Å². The molecule has 1 aromatic rings. The third-order valence-corrected chi connectivity index (χ3v) is 6.33. The Kier molecular flexibility index (Phi) is 3.39. The van der Waals surface area contributed by atoms with Crippen LogP contribution in [0.1, 0.15) is 5.56 Å². The van der Waals surface area contributed by atoms with Crippen LogP contribution in [0.15, 0.2) is 16.8 Å². The summed E-state index contributed by atoms with van der Waals surface area (Å²) in [6.45, 7) is 0. The number of halogens is 1. The van der Waals surface area contributed by atoms with Crippen molar-refractivity contribution >= 4 is 19.6 Å². The monoisotopic (exact) mass is 334 g/mol. The molecule has 1 rings (SSSR count). The van der Waals surface area contributed by atoms with Crippen molar-refractivity contribution in [3.05, 3.63) is 22.4 Å². The van der Waals surface area contributed by atoms with Crippen LogP contribution < -0.4 is 0 Å². The molecule has 0 amide bonds. The van der Waals surface area contributed by atoms with Crippen molar-refractivity contribution < 1.29 is 23.3 Å². The molecule has 1 heterocycles. The molecule has 0 fully saturated rings. The van der Waals surface area contributed by atoms with Gasteiger partial charge >= 0.3 is 69.2 Å².